The van der Waals surface area contributed by atoms with Gasteiger partial charge in [0.15, 0.2) is 0 Å². The van der Waals surface area contributed by atoms with E-state index in [4.69, 9.17) is 4.74 Å². The summed E-state index contributed by atoms with van der Waals surface area (Å²) < 4.78 is 19.2. The molecule has 38 heavy (non-hydrogen) atoms. The van der Waals surface area contributed by atoms with Crippen LogP contribution in [0, 0.1) is 5.82 Å². The topological polar surface area (TPSA) is 107 Å². The molecule has 2 aromatic carbocycles. The van der Waals surface area contributed by atoms with Gasteiger partial charge in [0, 0.05) is 30.8 Å². The van der Waals surface area contributed by atoms with Crippen LogP contribution in [0.3, 0.4) is 0 Å². The molecule has 2 fully saturated rings. The predicted octanol–water partition coefficient (Wildman–Crippen LogP) is 3.99. The first-order valence-corrected chi connectivity index (χ1v) is 13.2. The molecular formula is C29H33FN4O4. The van der Waals surface area contributed by atoms with Crippen LogP contribution in [0.15, 0.2) is 59.9 Å². The molecule has 3 N–H and O–H groups in total. The Bertz CT molecular complexity index is 1290. The minimum absolute atomic E-state index is 0.0193. The van der Waals surface area contributed by atoms with E-state index in [-0.39, 0.29) is 24.1 Å². The molecule has 9 heteroatoms. The summed E-state index contributed by atoms with van der Waals surface area (Å²) in [6.45, 7) is 2.27. The zero-order chi connectivity index (χ0) is 26.5. The lowest BCUT2D eigenvalue weighted by Gasteiger charge is -2.28. The van der Waals surface area contributed by atoms with E-state index in [0.717, 1.165) is 55.1 Å². The Labute approximate surface area is 221 Å². The van der Waals surface area contributed by atoms with E-state index < -0.39 is 18.1 Å². The van der Waals surface area contributed by atoms with Gasteiger partial charge in [-0.1, -0.05) is 29.4 Å². The van der Waals surface area contributed by atoms with E-state index in [1.165, 1.54) is 12.1 Å². The molecule has 2 aliphatic rings. The monoisotopic (exact) mass is 520 g/mol. The summed E-state index contributed by atoms with van der Waals surface area (Å²) in [6, 6.07) is 13.1. The Kier molecular flexibility index (Phi) is 8.14. The van der Waals surface area contributed by atoms with Gasteiger partial charge in [0.25, 0.3) is 5.91 Å². The number of carbonyl (C=O) groups is 1. The second kappa shape index (κ2) is 11.9. The largest absolute Gasteiger partial charge is 0.474 e. The molecule has 0 unspecified atom stereocenters. The first kappa shape index (κ1) is 26.1. The molecule has 1 saturated heterocycles. The molecule has 1 aliphatic carbocycles. The van der Waals surface area contributed by atoms with Crippen LogP contribution in [0.1, 0.15) is 49.3 Å². The average Bonchev–Trinajstić information content (AvgIpc) is 3.59. The number of rotatable bonds is 11. The molecule has 2 atom stereocenters. The lowest BCUT2D eigenvalue weighted by molar-refractivity contribution is -0.116. The maximum absolute atomic E-state index is 13.5. The number of oxime groups is 1. The number of halogens is 1. The molecule has 1 aromatic heterocycles. The van der Waals surface area contributed by atoms with Crippen LogP contribution in [0.5, 0.6) is 5.88 Å². The molecule has 0 spiro atoms. The van der Waals surface area contributed by atoms with Crippen LogP contribution in [0.25, 0.3) is 10.8 Å². The third-order valence-electron chi connectivity index (χ3n) is 7.16. The van der Waals surface area contributed by atoms with Gasteiger partial charge in [-0.15, -0.1) is 0 Å². The highest BCUT2D eigenvalue weighted by Crippen LogP contribution is 2.27. The molecule has 0 radical (unpaired) electrons. The van der Waals surface area contributed by atoms with E-state index >= 15 is 0 Å². The molecule has 200 valence electrons. The Morgan fingerprint density at radius 2 is 1.89 bits per heavy atom. The number of fused-ring (bicyclic) bond motifs is 1. The zero-order valence-electron chi connectivity index (χ0n) is 21.2. The van der Waals surface area contributed by atoms with Crippen molar-refractivity contribution in [2.45, 2.75) is 56.8 Å². The van der Waals surface area contributed by atoms with E-state index in [0.29, 0.717) is 24.4 Å². The van der Waals surface area contributed by atoms with Gasteiger partial charge in [0.1, 0.15) is 23.7 Å². The number of benzene rings is 2. The summed E-state index contributed by atoms with van der Waals surface area (Å²) in [4.78, 5) is 19.7. The molecule has 5 rings (SSSR count). The van der Waals surface area contributed by atoms with Crippen molar-refractivity contribution >= 4 is 22.4 Å². The van der Waals surface area contributed by atoms with E-state index in [2.05, 4.69) is 20.4 Å². The molecule has 1 saturated carbocycles. The van der Waals surface area contributed by atoms with E-state index in [1.54, 1.807) is 24.4 Å². The van der Waals surface area contributed by atoms with Gasteiger partial charge < -0.3 is 25.3 Å². The molecular weight excluding hydrogens is 487 g/mol. The van der Waals surface area contributed by atoms with Gasteiger partial charge in [0.05, 0.1) is 6.04 Å². The fourth-order valence-corrected chi connectivity index (χ4v) is 4.84. The number of aliphatic hydroxyl groups excluding tert-OH is 1. The second-order valence-electron chi connectivity index (χ2n) is 10.2. The van der Waals surface area contributed by atoms with Crippen molar-refractivity contribution in [3.05, 3.63) is 71.7 Å². The summed E-state index contributed by atoms with van der Waals surface area (Å²) in [7, 11) is 0. The number of aromatic nitrogens is 1. The Morgan fingerprint density at radius 3 is 2.61 bits per heavy atom. The van der Waals surface area contributed by atoms with Crippen LogP contribution < -0.4 is 10.1 Å². The maximum Gasteiger partial charge on any atom is 0.269 e. The Balaban J connectivity index is 1.24. The Morgan fingerprint density at radius 1 is 1.13 bits per heavy atom. The summed E-state index contributed by atoms with van der Waals surface area (Å²) in [5.74, 6) is -0.294. The van der Waals surface area contributed by atoms with Gasteiger partial charge in [-0.2, -0.15) is 0 Å². The number of likely N-dealkylation sites (tertiary alicyclic amines) is 1. The quantitative estimate of drug-likeness (QED) is 0.201. The van der Waals surface area contributed by atoms with E-state index in [1.807, 2.05) is 18.2 Å². The molecule has 3 aromatic rings. The lowest BCUT2D eigenvalue weighted by Crippen LogP contribution is -2.48. The molecule has 1 aliphatic heterocycles. The highest BCUT2D eigenvalue weighted by Gasteiger charge is 2.29. The third-order valence-corrected chi connectivity index (χ3v) is 7.16. The summed E-state index contributed by atoms with van der Waals surface area (Å²) in [5, 5.41) is 28.7. The Hall–Kier alpha value is -3.56. The first-order chi connectivity index (χ1) is 18.5. The molecule has 2 heterocycles. The summed E-state index contributed by atoms with van der Waals surface area (Å²) >= 11 is 0. The van der Waals surface area contributed by atoms with Crippen molar-refractivity contribution < 1.29 is 24.2 Å². The van der Waals surface area contributed by atoms with Crippen molar-refractivity contribution in [1.82, 2.24) is 15.2 Å². The van der Waals surface area contributed by atoms with Crippen molar-refractivity contribution in [3.63, 3.8) is 0 Å². The number of amides is 1. The normalized spacial score (nSPS) is 17.9. The smallest absolute Gasteiger partial charge is 0.269 e. The average molecular weight is 521 g/mol. The minimum atomic E-state index is -0.997. The molecule has 0 bridgehead atoms. The van der Waals surface area contributed by atoms with Crippen LogP contribution in [-0.2, 0) is 11.2 Å². The van der Waals surface area contributed by atoms with Crippen LogP contribution in [0.4, 0.5) is 4.39 Å². The van der Waals surface area contributed by atoms with Crippen molar-refractivity contribution in [2.24, 2.45) is 5.16 Å². The number of hydrogen-bond acceptors (Lipinski definition) is 7. The lowest BCUT2D eigenvalue weighted by atomic mass is 10.0. The van der Waals surface area contributed by atoms with Crippen LogP contribution in [-0.4, -0.2) is 63.6 Å². The van der Waals surface area contributed by atoms with Crippen molar-refractivity contribution in [1.29, 1.82) is 0 Å². The van der Waals surface area contributed by atoms with Crippen LogP contribution >= 0.6 is 0 Å². The number of aliphatic hydroxyl groups is 1. The first-order valence-electron chi connectivity index (χ1n) is 13.2. The van der Waals surface area contributed by atoms with Crippen LogP contribution in [0.2, 0.25) is 0 Å². The predicted molar refractivity (Wildman–Crippen MR) is 142 cm³/mol. The summed E-state index contributed by atoms with van der Waals surface area (Å²) in [5.41, 5.74) is 1.49. The number of pyridine rings is 1. The minimum Gasteiger partial charge on any atom is -0.474 e. The number of carbonyl (C=O) groups excluding carboxylic acids is 1. The number of ether oxygens (including phenoxy) is 1. The molecule has 1 amide bonds. The highest BCUT2D eigenvalue weighted by atomic mass is 19.1. The number of nitrogens with zero attached hydrogens (tertiary/aromatic N) is 3. The standard InChI is InChI=1S/C29H33FN4O4/c30-23-8-6-20-15-19(3-5-21(20)16-23)4-11-25(33-37)29(36)32-26(18-34-13-1-2-14-34)28(35)22-7-12-27(31-17-22)38-24-9-10-24/h3,5-8,12,15-17,24,26,28,35,37H,1-2,4,9-11,13-14,18H2,(H,32,36)/t26-,28-/m1/s1. The number of nitrogens with one attached hydrogen (secondary N) is 1. The van der Waals surface area contributed by atoms with Gasteiger partial charge in [-0.25, -0.2) is 9.37 Å². The van der Waals surface area contributed by atoms with Gasteiger partial charge in [-0.05, 0) is 79.7 Å². The van der Waals surface area contributed by atoms with Crippen molar-refractivity contribution in [2.75, 3.05) is 19.6 Å². The number of hydrogen-bond donors (Lipinski definition) is 3. The van der Waals surface area contributed by atoms with Gasteiger partial charge in [0.2, 0.25) is 5.88 Å². The zero-order valence-corrected chi connectivity index (χ0v) is 21.2. The van der Waals surface area contributed by atoms with Gasteiger partial charge in [-0.3, -0.25) is 4.79 Å². The number of aryl methyl sites for hydroxylation is 1. The summed E-state index contributed by atoms with van der Waals surface area (Å²) in [6.07, 6.45) is 5.70. The maximum atomic E-state index is 13.5. The highest BCUT2D eigenvalue weighted by molar-refractivity contribution is 6.38. The third kappa shape index (κ3) is 6.65. The van der Waals surface area contributed by atoms with Crippen molar-refractivity contribution in [3.8, 4) is 5.88 Å². The van der Waals surface area contributed by atoms with E-state index in [9.17, 15) is 19.5 Å². The fourth-order valence-electron chi connectivity index (χ4n) is 4.84. The SMILES string of the molecule is O=C(N[C@H](CN1CCCC1)[C@H](O)c1ccc(OC2CC2)nc1)C(CCc1ccc2cc(F)ccc2c1)=NO. The second-order valence-corrected chi connectivity index (χ2v) is 10.2. The molecule has 8 nitrogen and oxygen atoms in total. The van der Waals surface area contributed by atoms with Gasteiger partial charge >= 0.3 is 0 Å². The fraction of sp³-hybridized carbons (Fsp3) is 0.414.